The minimum atomic E-state index is -0.981. The first kappa shape index (κ1) is 18.9. The number of aliphatic carboxylic acids is 1. The smallest absolute Gasteiger partial charge is 0.306 e. The number of carbonyl (C=O) groups excluding carboxylic acids is 1. The number of hydrogen-bond acceptors (Lipinski definition) is 5. The van der Waals surface area contributed by atoms with E-state index in [2.05, 4.69) is 37.5 Å². The molecule has 0 heterocycles. The Balaban J connectivity index is 4.49. The van der Waals surface area contributed by atoms with Gasteiger partial charge in [0.1, 0.15) is 6.61 Å². The predicted molar refractivity (Wildman–Crippen MR) is 77.5 cm³/mol. The van der Waals surface area contributed by atoms with Gasteiger partial charge in [0.05, 0.1) is 19.0 Å². The number of hydrogen-bond donors (Lipinski definition) is 1. The molecule has 6 heteroatoms. The lowest BCUT2D eigenvalue weighted by atomic mass is 10.3. The van der Waals surface area contributed by atoms with Gasteiger partial charge in [-0.15, -0.1) is 0 Å². The van der Waals surface area contributed by atoms with Gasteiger partial charge < -0.3 is 9.84 Å². The van der Waals surface area contributed by atoms with Gasteiger partial charge >= 0.3 is 11.9 Å². The van der Waals surface area contributed by atoms with Gasteiger partial charge in [-0.2, -0.15) is 0 Å². The summed E-state index contributed by atoms with van der Waals surface area (Å²) in [5.74, 6) is -1.43. The highest BCUT2D eigenvalue weighted by molar-refractivity contribution is 5.76. The highest BCUT2D eigenvalue weighted by Crippen LogP contribution is 2.08. The van der Waals surface area contributed by atoms with Crippen molar-refractivity contribution in [1.82, 2.24) is 9.80 Å². The van der Waals surface area contributed by atoms with E-state index in [0.717, 1.165) is 26.2 Å². The molecule has 0 unspecified atom stereocenters. The standard InChI is InChI=1S/C14H28N2O4/c1-5-15(6-2)12(16(7-3)8-4)11-20-14(19)10-9-13(17)18/h12H,5-11H2,1-4H3,(H,17,18). The Morgan fingerprint density at radius 3 is 1.75 bits per heavy atom. The largest absolute Gasteiger partial charge is 0.481 e. The second-order valence-corrected chi connectivity index (χ2v) is 4.50. The van der Waals surface area contributed by atoms with Gasteiger partial charge in [0.15, 0.2) is 0 Å². The lowest BCUT2D eigenvalue weighted by Crippen LogP contribution is -2.51. The Hall–Kier alpha value is -1.14. The maximum Gasteiger partial charge on any atom is 0.306 e. The SMILES string of the molecule is CCN(CC)C(COC(=O)CCC(=O)O)N(CC)CC. The van der Waals surface area contributed by atoms with Gasteiger partial charge in [0.25, 0.3) is 0 Å². The zero-order chi connectivity index (χ0) is 15.5. The van der Waals surface area contributed by atoms with Gasteiger partial charge in [0.2, 0.25) is 0 Å². The van der Waals surface area contributed by atoms with Crippen molar-refractivity contribution in [2.24, 2.45) is 0 Å². The normalized spacial score (nSPS) is 11.3. The molecule has 0 bridgehead atoms. The lowest BCUT2D eigenvalue weighted by Gasteiger charge is -2.37. The highest BCUT2D eigenvalue weighted by Gasteiger charge is 2.23. The van der Waals surface area contributed by atoms with E-state index in [1.807, 2.05) is 0 Å². The molecule has 0 rings (SSSR count). The molecule has 0 saturated carbocycles. The highest BCUT2D eigenvalue weighted by atomic mass is 16.5. The van der Waals surface area contributed by atoms with E-state index in [9.17, 15) is 9.59 Å². The fourth-order valence-corrected chi connectivity index (χ4v) is 2.18. The van der Waals surface area contributed by atoms with Crippen LogP contribution in [0.15, 0.2) is 0 Å². The van der Waals surface area contributed by atoms with Crippen LogP contribution in [-0.2, 0) is 14.3 Å². The summed E-state index contributed by atoms with van der Waals surface area (Å²) in [5, 5.41) is 8.54. The fraction of sp³-hybridized carbons (Fsp3) is 0.857. The molecule has 0 atom stereocenters. The van der Waals surface area contributed by atoms with Crippen LogP contribution in [0, 0.1) is 0 Å². The summed E-state index contributed by atoms with van der Waals surface area (Å²) >= 11 is 0. The van der Waals surface area contributed by atoms with Crippen LogP contribution in [0.2, 0.25) is 0 Å². The maximum atomic E-state index is 11.5. The van der Waals surface area contributed by atoms with Crippen LogP contribution < -0.4 is 0 Å². The minimum absolute atomic E-state index is 0.0498. The van der Waals surface area contributed by atoms with E-state index in [1.165, 1.54) is 0 Å². The number of ether oxygens (including phenoxy) is 1. The van der Waals surface area contributed by atoms with Crippen LogP contribution in [-0.4, -0.2) is 65.8 Å². The Labute approximate surface area is 121 Å². The van der Waals surface area contributed by atoms with Crippen molar-refractivity contribution in [2.45, 2.75) is 46.7 Å². The number of carboxylic acid groups (broad SMARTS) is 1. The molecule has 20 heavy (non-hydrogen) atoms. The molecule has 0 aromatic heterocycles. The van der Waals surface area contributed by atoms with Crippen molar-refractivity contribution < 1.29 is 19.4 Å². The Morgan fingerprint density at radius 2 is 1.40 bits per heavy atom. The molecule has 0 aromatic carbocycles. The topological polar surface area (TPSA) is 70.1 Å². The molecule has 0 fully saturated rings. The summed E-state index contributed by atoms with van der Waals surface area (Å²) in [6, 6.07) is 0. The first-order chi connectivity index (χ1) is 9.49. The molecule has 0 aliphatic carbocycles. The van der Waals surface area contributed by atoms with Crippen LogP contribution in [0.25, 0.3) is 0 Å². The lowest BCUT2D eigenvalue weighted by molar-refractivity contribution is -0.151. The van der Waals surface area contributed by atoms with Crippen molar-refractivity contribution in [3.05, 3.63) is 0 Å². The Kier molecular flexibility index (Phi) is 10.0. The third kappa shape index (κ3) is 6.86. The van der Waals surface area contributed by atoms with Gasteiger partial charge in [-0.25, -0.2) is 0 Å². The van der Waals surface area contributed by atoms with Crippen LogP contribution in [0.4, 0.5) is 0 Å². The summed E-state index contributed by atoms with van der Waals surface area (Å²) in [6.07, 6.45) is -0.202. The molecule has 1 N–H and O–H groups in total. The van der Waals surface area contributed by atoms with Crippen LogP contribution in [0.3, 0.4) is 0 Å². The molecular formula is C14H28N2O4. The average molecular weight is 288 g/mol. The average Bonchev–Trinajstić information content (AvgIpc) is 2.44. The summed E-state index contributed by atoms with van der Waals surface area (Å²) in [6.45, 7) is 12.1. The second-order valence-electron chi connectivity index (χ2n) is 4.50. The van der Waals surface area contributed by atoms with Crippen molar-refractivity contribution in [3.8, 4) is 0 Å². The number of nitrogens with zero attached hydrogens (tertiary/aromatic N) is 2. The third-order valence-electron chi connectivity index (χ3n) is 3.40. The quantitative estimate of drug-likeness (QED) is 0.458. The maximum absolute atomic E-state index is 11.5. The number of carboxylic acids is 1. The molecule has 0 radical (unpaired) electrons. The zero-order valence-corrected chi connectivity index (χ0v) is 13.1. The van der Waals surface area contributed by atoms with Gasteiger partial charge in [-0.1, -0.05) is 27.7 Å². The summed E-state index contributed by atoms with van der Waals surface area (Å²) < 4.78 is 5.24. The number of rotatable bonds is 11. The van der Waals surface area contributed by atoms with E-state index in [4.69, 9.17) is 9.84 Å². The number of likely N-dealkylation sites (N-methyl/N-ethyl adjacent to an activating group) is 2. The summed E-state index contributed by atoms with van der Waals surface area (Å²) in [4.78, 5) is 26.4. The third-order valence-corrected chi connectivity index (χ3v) is 3.40. The molecule has 118 valence electrons. The number of esters is 1. The molecule has 0 spiro atoms. The van der Waals surface area contributed by atoms with Crippen LogP contribution in [0.5, 0.6) is 0 Å². The van der Waals surface area contributed by atoms with Crippen molar-refractivity contribution in [2.75, 3.05) is 32.8 Å². The van der Waals surface area contributed by atoms with E-state index in [1.54, 1.807) is 0 Å². The molecule has 0 aromatic rings. The molecular weight excluding hydrogens is 260 g/mol. The molecule has 0 saturated heterocycles. The number of carbonyl (C=O) groups is 2. The van der Waals surface area contributed by atoms with Crippen LogP contribution in [0.1, 0.15) is 40.5 Å². The first-order valence-corrected chi connectivity index (χ1v) is 7.35. The predicted octanol–water partition coefficient (Wildman–Crippen LogP) is 1.40. The van der Waals surface area contributed by atoms with Crippen molar-refractivity contribution in [3.63, 3.8) is 0 Å². The van der Waals surface area contributed by atoms with Gasteiger partial charge in [0, 0.05) is 0 Å². The van der Waals surface area contributed by atoms with E-state index in [0.29, 0.717) is 0 Å². The zero-order valence-electron chi connectivity index (χ0n) is 13.1. The van der Waals surface area contributed by atoms with Gasteiger partial charge in [-0.3, -0.25) is 19.4 Å². The first-order valence-electron chi connectivity index (χ1n) is 7.35. The van der Waals surface area contributed by atoms with E-state index >= 15 is 0 Å². The fourth-order valence-electron chi connectivity index (χ4n) is 2.18. The summed E-state index contributed by atoms with van der Waals surface area (Å²) in [7, 11) is 0. The minimum Gasteiger partial charge on any atom is -0.481 e. The Bertz CT molecular complexity index is 277. The van der Waals surface area contributed by atoms with Crippen molar-refractivity contribution >= 4 is 11.9 Å². The van der Waals surface area contributed by atoms with E-state index in [-0.39, 0.29) is 25.6 Å². The van der Waals surface area contributed by atoms with E-state index < -0.39 is 11.9 Å². The summed E-state index contributed by atoms with van der Waals surface area (Å²) in [5.41, 5.74) is 0. The monoisotopic (exact) mass is 288 g/mol. The molecule has 0 amide bonds. The second kappa shape index (κ2) is 10.6. The molecule has 0 aliphatic heterocycles. The Morgan fingerprint density at radius 1 is 0.950 bits per heavy atom. The van der Waals surface area contributed by atoms with Gasteiger partial charge in [-0.05, 0) is 26.2 Å². The van der Waals surface area contributed by atoms with Crippen LogP contribution >= 0.6 is 0 Å². The van der Waals surface area contributed by atoms with Crippen molar-refractivity contribution in [1.29, 1.82) is 0 Å². The molecule has 6 nitrogen and oxygen atoms in total. The molecule has 0 aliphatic rings.